The lowest BCUT2D eigenvalue weighted by Gasteiger charge is -2.25. The summed E-state index contributed by atoms with van der Waals surface area (Å²) < 4.78 is 37.7. The van der Waals surface area contributed by atoms with Crippen LogP contribution in [-0.2, 0) is 17.8 Å². The fraction of sp³-hybridized carbons (Fsp3) is 0.444. The summed E-state index contributed by atoms with van der Waals surface area (Å²) in [6.07, 6.45) is 0.864. The number of benzene rings is 1. The number of aliphatic hydroxyl groups excluding tert-OH is 1. The summed E-state index contributed by atoms with van der Waals surface area (Å²) in [6, 6.07) is 7.08. The van der Waals surface area contributed by atoms with Crippen molar-refractivity contribution in [3.63, 3.8) is 0 Å². The Morgan fingerprint density at radius 1 is 1.21 bits per heavy atom. The highest BCUT2D eigenvalue weighted by Gasteiger charge is 2.17. The maximum absolute atomic E-state index is 13.9. The maximum Gasteiger partial charge on any atom is 0.130 e. The van der Waals surface area contributed by atoms with Gasteiger partial charge in [0.15, 0.2) is 0 Å². The molecule has 0 saturated carbocycles. The Bertz CT molecular complexity index is 617. The molecule has 1 aromatic carbocycles. The molecule has 0 fully saturated rings. The predicted molar refractivity (Wildman–Crippen MR) is 86.3 cm³/mol. The first-order valence-electron chi connectivity index (χ1n) is 7.92. The normalized spacial score (nSPS) is 13.0. The molecule has 1 atom stereocenters. The van der Waals surface area contributed by atoms with Gasteiger partial charge in [-0.05, 0) is 32.0 Å². The van der Waals surface area contributed by atoms with Gasteiger partial charge in [-0.2, -0.15) is 0 Å². The summed E-state index contributed by atoms with van der Waals surface area (Å²) in [7, 11) is 0. The van der Waals surface area contributed by atoms with Crippen LogP contribution in [0.2, 0.25) is 0 Å². The summed E-state index contributed by atoms with van der Waals surface area (Å²) in [4.78, 5) is 1.84. The number of aliphatic hydroxyl groups is 1. The van der Waals surface area contributed by atoms with Crippen molar-refractivity contribution in [1.82, 2.24) is 4.90 Å². The molecule has 0 aliphatic carbocycles. The molecule has 0 aliphatic heterocycles. The quantitative estimate of drug-likeness (QED) is 0.761. The van der Waals surface area contributed by atoms with Crippen LogP contribution in [0.25, 0.3) is 0 Å². The second-order valence-corrected chi connectivity index (χ2v) is 6.02. The van der Waals surface area contributed by atoms with Crippen molar-refractivity contribution >= 4 is 0 Å². The van der Waals surface area contributed by atoms with E-state index in [1.165, 1.54) is 12.1 Å². The molecular weight excluding hydrogens is 316 g/mol. The van der Waals surface area contributed by atoms with E-state index in [0.29, 0.717) is 17.9 Å². The highest BCUT2D eigenvalue weighted by molar-refractivity contribution is 5.18. The largest absolute Gasteiger partial charge is 0.468 e. The van der Waals surface area contributed by atoms with Crippen molar-refractivity contribution < 1.29 is 23.0 Å². The van der Waals surface area contributed by atoms with Crippen molar-refractivity contribution in [3.05, 3.63) is 59.6 Å². The van der Waals surface area contributed by atoms with E-state index in [0.717, 1.165) is 6.07 Å². The third-order valence-electron chi connectivity index (χ3n) is 3.46. The van der Waals surface area contributed by atoms with Gasteiger partial charge in [-0.1, -0.05) is 6.07 Å². The molecule has 0 unspecified atom stereocenters. The third kappa shape index (κ3) is 6.03. The van der Waals surface area contributed by atoms with Crippen molar-refractivity contribution in [2.45, 2.75) is 39.1 Å². The van der Waals surface area contributed by atoms with Crippen LogP contribution in [0.1, 0.15) is 25.2 Å². The third-order valence-corrected chi connectivity index (χ3v) is 3.46. The van der Waals surface area contributed by atoms with Crippen LogP contribution in [0.15, 0.2) is 41.0 Å². The van der Waals surface area contributed by atoms with Crippen LogP contribution in [0, 0.1) is 11.6 Å². The second kappa shape index (κ2) is 8.92. The number of hydrogen-bond acceptors (Lipinski definition) is 4. The summed E-state index contributed by atoms with van der Waals surface area (Å²) >= 11 is 0. The first-order chi connectivity index (χ1) is 11.4. The molecule has 132 valence electrons. The highest BCUT2D eigenvalue weighted by Crippen LogP contribution is 2.15. The first-order valence-corrected chi connectivity index (χ1v) is 7.92. The summed E-state index contributed by atoms with van der Waals surface area (Å²) in [5.41, 5.74) is 0.361. The van der Waals surface area contributed by atoms with Gasteiger partial charge in [0.2, 0.25) is 0 Å². The molecule has 0 radical (unpaired) electrons. The molecular formula is C18H23F2NO3. The molecule has 1 aromatic heterocycles. The second-order valence-electron chi connectivity index (χ2n) is 6.02. The van der Waals surface area contributed by atoms with Crippen molar-refractivity contribution in [2.24, 2.45) is 0 Å². The molecule has 0 spiro atoms. The molecule has 0 saturated heterocycles. The molecule has 0 bridgehead atoms. The highest BCUT2D eigenvalue weighted by atomic mass is 19.1. The van der Waals surface area contributed by atoms with Crippen LogP contribution in [0.4, 0.5) is 8.78 Å². The van der Waals surface area contributed by atoms with E-state index >= 15 is 0 Å². The lowest BCUT2D eigenvalue weighted by atomic mass is 10.1. The average molecular weight is 339 g/mol. The Morgan fingerprint density at radius 2 is 2.00 bits per heavy atom. The maximum atomic E-state index is 13.9. The Hall–Kier alpha value is -1.76. The van der Waals surface area contributed by atoms with Gasteiger partial charge in [-0.25, -0.2) is 8.78 Å². The van der Waals surface area contributed by atoms with Gasteiger partial charge in [0.1, 0.15) is 17.4 Å². The lowest BCUT2D eigenvalue weighted by molar-refractivity contribution is -0.0115. The predicted octanol–water partition coefficient (Wildman–Crippen LogP) is 3.35. The zero-order valence-electron chi connectivity index (χ0n) is 13.9. The number of ether oxygens (including phenoxy) is 1. The van der Waals surface area contributed by atoms with E-state index < -0.39 is 17.7 Å². The minimum absolute atomic E-state index is 0.0210. The monoisotopic (exact) mass is 339 g/mol. The molecule has 0 aliphatic rings. The Kier molecular flexibility index (Phi) is 6.90. The fourth-order valence-corrected chi connectivity index (χ4v) is 2.35. The van der Waals surface area contributed by atoms with E-state index in [1.54, 1.807) is 12.3 Å². The Balaban J connectivity index is 2.04. The van der Waals surface area contributed by atoms with Crippen LogP contribution in [0.5, 0.6) is 0 Å². The van der Waals surface area contributed by atoms with E-state index in [1.807, 2.05) is 24.8 Å². The molecule has 0 amide bonds. The minimum atomic E-state index is -0.717. The van der Waals surface area contributed by atoms with Gasteiger partial charge >= 0.3 is 0 Å². The standard InChI is InChI=1S/C18H23F2NO3/c1-13(2)24-12-16(22)10-21(11-17-4-3-7-23-17)9-14-5-6-15(19)8-18(14)20/h3-8,13,16,22H,9-12H2,1-2H3/t16-/m0/s1. The van der Waals surface area contributed by atoms with Gasteiger partial charge in [0, 0.05) is 24.7 Å². The molecule has 24 heavy (non-hydrogen) atoms. The van der Waals surface area contributed by atoms with Gasteiger partial charge < -0.3 is 14.3 Å². The fourth-order valence-electron chi connectivity index (χ4n) is 2.35. The SMILES string of the molecule is CC(C)OC[C@@H](O)CN(Cc1ccco1)Cc1ccc(F)cc1F. The topological polar surface area (TPSA) is 45.8 Å². The summed E-state index contributed by atoms with van der Waals surface area (Å²) in [5.74, 6) is -0.513. The number of nitrogens with zero attached hydrogens (tertiary/aromatic N) is 1. The summed E-state index contributed by atoms with van der Waals surface area (Å²) in [6.45, 7) is 4.89. The molecule has 1 N–H and O–H groups in total. The first kappa shape index (κ1) is 18.6. The van der Waals surface area contributed by atoms with Crippen molar-refractivity contribution in [1.29, 1.82) is 0 Å². The lowest BCUT2D eigenvalue weighted by Crippen LogP contribution is -2.35. The summed E-state index contributed by atoms with van der Waals surface area (Å²) in [5, 5.41) is 10.1. The van der Waals surface area contributed by atoms with Crippen LogP contribution in [0.3, 0.4) is 0 Å². The van der Waals surface area contributed by atoms with Crippen molar-refractivity contribution in [2.75, 3.05) is 13.2 Å². The van der Waals surface area contributed by atoms with Gasteiger partial charge in [-0.15, -0.1) is 0 Å². The van der Waals surface area contributed by atoms with E-state index in [9.17, 15) is 13.9 Å². The van der Waals surface area contributed by atoms with E-state index in [2.05, 4.69) is 0 Å². The number of furan rings is 1. The molecule has 2 rings (SSSR count). The zero-order chi connectivity index (χ0) is 17.5. The number of hydrogen-bond donors (Lipinski definition) is 1. The van der Waals surface area contributed by atoms with E-state index in [-0.39, 0.29) is 25.8 Å². The van der Waals surface area contributed by atoms with Gasteiger partial charge in [-0.3, -0.25) is 4.90 Å². The van der Waals surface area contributed by atoms with E-state index in [4.69, 9.17) is 9.15 Å². The van der Waals surface area contributed by atoms with Crippen LogP contribution >= 0.6 is 0 Å². The molecule has 4 nitrogen and oxygen atoms in total. The van der Waals surface area contributed by atoms with Gasteiger partial charge in [0.05, 0.1) is 31.6 Å². The molecule has 6 heteroatoms. The van der Waals surface area contributed by atoms with Crippen LogP contribution < -0.4 is 0 Å². The Labute approximate surface area is 140 Å². The minimum Gasteiger partial charge on any atom is -0.468 e. The molecule has 2 aromatic rings. The smallest absolute Gasteiger partial charge is 0.130 e. The van der Waals surface area contributed by atoms with Crippen molar-refractivity contribution in [3.8, 4) is 0 Å². The number of rotatable bonds is 9. The molecule has 1 heterocycles. The Morgan fingerprint density at radius 3 is 2.62 bits per heavy atom. The van der Waals surface area contributed by atoms with Crippen LogP contribution in [-0.4, -0.2) is 35.4 Å². The average Bonchev–Trinajstić information content (AvgIpc) is 3.01. The number of halogens is 2. The zero-order valence-corrected chi connectivity index (χ0v) is 13.9. The van der Waals surface area contributed by atoms with Gasteiger partial charge in [0.25, 0.3) is 0 Å².